The van der Waals surface area contributed by atoms with Crippen LogP contribution >= 0.6 is 0 Å². The SMILES string of the molecule is Cc1ccc(Nc2cnccc2C)c(F)c1. The number of nitrogens with one attached hydrogen (secondary N) is 1. The van der Waals surface area contributed by atoms with Crippen molar-refractivity contribution in [2.75, 3.05) is 5.32 Å². The fraction of sp³-hybridized carbons (Fsp3) is 0.154. The third-order valence-corrected chi connectivity index (χ3v) is 2.43. The lowest BCUT2D eigenvalue weighted by molar-refractivity contribution is 0.630. The van der Waals surface area contributed by atoms with Crippen LogP contribution in [-0.4, -0.2) is 4.98 Å². The molecule has 0 aliphatic rings. The Hall–Kier alpha value is -1.90. The van der Waals surface area contributed by atoms with Crippen LogP contribution in [0.3, 0.4) is 0 Å². The predicted molar refractivity (Wildman–Crippen MR) is 63.4 cm³/mol. The summed E-state index contributed by atoms with van der Waals surface area (Å²) in [7, 11) is 0. The maximum atomic E-state index is 13.6. The van der Waals surface area contributed by atoms with Crippen molar-refractivity contribution in [1.29, 1.82) is 0 Å². The van der Waals surface area contributed by atoms with Crippen molar-refractivity contribution in [3.05, 3.63) is 53.6 Å². The molecule has 16 heavy (non-hydrogen) atoms. The first-order chi connectivity index (χ1) is 7.66. The highest BCUT2D eigenvalue weighted by atomic mass is 19.1. The van der Waals surface area contributed by atoms with Gasteiger partial charge in [0.25, 0.3) is 0 Å². The summed E-state index contributed by atoms with van der Waals surface area (Å²) >= 11 is 0. The van der Waals surface area contributed by atoms with Crippen molar-refractivity contribution < 1.29 is 4.39 Å². The number of aromatic nitrogens is 1. The van der Waals surface area contributed by atoms with Gasteiger partial charge in [-0.1, -0.05) is 6.07 Å². The van der Waals surface area contributed by atoms with Crippen molar-refractivity contribution in [2.45, 2.75) is 13.8 Å². The summed E-state index contributed by atoms with van der Waals surface area (Å²) < 4.78 is 13.6. The van der Waals surface area contributed by atoms with Gasteiger partial charge < -0.3 is 5.32 Å². The molecule has 1 aromatic carbocycles. The van der Waals surface area contributed by atoms with Crippen molar-refractivity contribution in [3.63, 3.8) is 0 Å². The Morgan fingerprint density at radius 3 is 2.62 bits per heavy atom. The highest BCUT2D eigenvalue weighted by molar-refractivity contribution is 5.62. The molecule has 3 heteroatoms. The third kappa shape index (κ3) is 2.19. The summed E-state index contributed by atoms with van der Waals surface area (Å²) in [6, 6.07) is 7.00. The Labute approximate surface area is 94.2 Å². The van der Waals surface area contributed by atoms with E-state index in [2.05, 4.69) is 10.3 Å². The monoisotopic (exact) mass is 216 g/mol. The lowest BCUT2D eigenvalue weighted by atomic mass is 10.2. The van der Waals surface area contributed by atoms with E-state index in [-0.39, 0.29) is 5.82 Å². The minimum Gasteiger partial charge on any atom is -0.352 e. The Morgan fingerprint density at radius 2 is 1.94 bits per heavy atom. The molecule has 1 aromatic heterocycles. The molecule has 1 heterocycles. The number of anilines is 2. The van der Waals surface area contributed by atoms with Gasteiger partial charge in [-0.3, -0.25) is 4.98 Å². The number of hydrogen-bond donors (Lipinski definition) is 1. The van der Waals surface area contributed by atoms with Gasteiger partial charge in [-0.2, -0.15) is 0 Å². The first-order valence-electron chi connectivity index (χ1n) is 5.10. The molecule has 0 radical (unpaired) electrons. The molecular formula is C13H13FN2. The van der Waals surface area contributed by atoms with Crippen molar-refractivity contribution in [1.82, 2.24) is 4.98 Å². The van der Waals surface area contributed by atoms with Gasteiger partial charge >= 0.3 is 0 Å². The van der Waals surface area contributed by atoms with Gasteiger partial charge in [-0.25, -0.2) is 4.39 Å². The molecule has 0 amide bonds. The fourth-order valence-corrected chi connectivity index (χ4v) is 1.46. The molecule has 2 rings (SSSR count). The number of pyridine rings is 1. The Balaban J connectivity index is 2.31. The molecule has 0 aliphatic heterocycles. The average molecular weight is 216 g/mol. The van der Waals surface area contributed by atoms with Gasteiger partial charge in [-0.15, -0.1) is 0 Å². The molecule has 2 nitrogen and oxygen atoms in total. The summed E-state index contributed by atoms with van der Waals surface area (Å²) in [5.74, 6) is -0.247. The summed E-state index contributed by atoms with van der Waals surface area (Å²) in [5, 5.41) is 3.03. The van der Waals surface area contributed by atoms with Gasteiger partial charge in [0.2, 0.25) is 0 Å². The highest BCUT2D eigenvalue weighted by Gasteiger charge is 2.03. The van der Waals surface area contributed by atoms with Crippen LogP contribution in [0.5, 0.6) is 0 Å². The molecule has 0 aliphatic carbocycles. The molecule has 1 N–H and O–H groups in total. The zero-order chi connectivity index (χ0) is 11.5. The average Bonchev–Trinajstić information content (AvgIpc) is 2.25. The molecular weight excluding hydrogens is 203 g/mol. The Morgan fingerprint density at radius 1 is 1.12 bits per heavy atom. The first kappa shape index (κ1) is 10.6. The molecule has 82 valence electrons. The molecule has 0 fully saturated rings. The van der Waals surface area contributed by atoms with Crippen LogP contribution in [0.1, 0.15) is 11.1 Å². The first-order valence-corrected chi connectivity index (χ1v) is 5.10. The second-order valence-electron chi connectivity index (χ2n) is 3.80. The minimum atomic E-state index is -0.247. The topological polar surface area (TPSA) is 24.9 Å². The van der Waals surface area contributed by atoms with Gasteiger partial charge in [0.05, 0.1) is 17.6 Å². The van der Waals surface area contributed by atoms with E-state index in [4.69, 9.17) is 0 Å². The van der Waals surface area contributed by atoms with E-state index in [0.717, 1.165) is 16.8 Å². The van der Waals surface area contributed by atoms with Crippen molar-refractivity contribution in [3.8, 4) is 0 Å². The van der Waals surface area contributed by atoms with Crippen LogP contribution in [0.25, 0.3) is 0 Å². The zero-order valence-corrected chi connectivity index (χ0v) is 9.29. The van der Waals surface area contributed by atoms with Crippen LogP contribution in [0, 0.1) is 19.7 Å². The fourth-order valence-electron chi connectivity index (χ4n) is 1.46. The highest BCUT2D eigenvalue weighted by Crippen LogP contribution is 2.22. The second-order valence-corrected chi connectivity index (χ2v) is 3.80. The Kier molecular flexibility index (Phi) is 2.86. The summed E-state index contributed by atoms with van der Waals surface area (Å²) in [4.78, 5) is 4.00. The molecule has 0 saturated heterocycles. The van der Waals surface area contributed by atoms with Gasteiger partial charge in [-0.05, 0) is 43.2 Å². The normalized spacial score (nSPS) is 10.2. The van der Waals surface area contributed by atoms with E-state index < -0.39 is 0 Å². The standard InChI is InChI=1S/C13H13FN2/c1-9-3-4-12(11(14)7-9)16-13-8-15-6-5-10(13)2/h3-8,16H,1-2H3. The van der Waals surface area contributed by atoms with Crippen LogP contribution in [0.15, 0.2) is 36.7 Å². The summed E-state index contributed by atoms with van der Waals surface area (Å²) in [6.45, 7) is 3.82. The quantitative estimate of drug-likeness (QED) is 0.829. The van der Waals surface area contributed by atoms with Crippen molar-refractivity contribution >= 4 is 11.4 Å². The van der Waals surface area contributed by atoms with E-state index in [0.29, 0.717) is 5.69 Å². The van der Waals surface area contributed by atoms with Crippen LogP contribution in [0.2, 0.25) is 0 Å². The van der Waals surface area contributed by atoms with Crippen LogP contribution < -0.4 is 5.32 Å². The van der Waals surface area contributed by atoms with Gasteiger partial charge in [0.15, 0.2) is 0 Å². The van der Waals surface area contributed by atoms with E-state index >= 15 is 0 Å². The van der Waals surface area contributed by atoms with Crippen LogP contribution in [-0.2, 0) is 0 Å². The van der Waals surface area contributed by atoms with E-state index in [9.17, 15) is 4.39 Å². The van der Waals surface area contributed by atoms with E-state index in [1.807, 2.05) is 26.0 Å². The third-order valence-electron chi connectivity index (χ3n) is 2.43. The van der Waals surface area contributed by atoms with E-state index in [1.165, 1.54) is 6.07 Å². The number of aryl methyl sites for hydroxylation is 2. The maximum absolute atomic E-state index is 13.6. The molecule has 0 bridgehead atoms. The number of benzene rings is 1. The number of hydrogen-bond acceptors (Lipinski definition) is 2. The predicted octanol–water partition coefficient (Wildman–Crippen LogP) is 3.58. The Bertz CT molecular complexity index is 509. The smallest absolute Gasteiger partial charge is 0.146 e. The molecule has 2 aromatic rings. The number of rotatable bonds is 2. The second kappa shape index (κ2) is 4.31. The lowest BCUT2D eigenvalue weighted by Crippen LogP contribution is -1.96. The van der Waals surface area contributed by atoms with Crippen LogP contribution in [0.4, 0.5) is 15.8 Å². The summed E-state index contributed by atoms with van der Waals surface area (Å²) in [5.41, 5.74) is 3.24. The number of halogens is 1. The van der Waals surface area contributed by atoms with E-state index in [1.54, 1.807) is 18.5 Å². The number of nitrogens with zero attached hydrogens (tertiary/aromatic N) is 1. The van der Waals surface area contributed by atoms with Gasteiger partial charge in [0.1, 0.15) is 5.82 Å². The molecule has 0 unspecified atom stereocenters. The summed E-state index contributed by atoms with van der Waals surface area (Å²) in [6.07, 6.45) is 3.40. The minimum absolute atomic E-state index is 0.247. The van der Waals surface area contributed by atoms with Crippen molar-refractivity contribution in [2.24, 2.45) is 0 Å². The zero-order valence-electron chi connectivity index (χ0n) is 9.29. The molecule has 0 spiro atoms. The maximum Gasteiger partial charge on any atom is 0.146 e. The van der Waals surface area contributed by atoms with Gasteiger partial charge in [0, 0.05) is 6.20 Å². The molecule has 0 saturated carbocycles. The largest absolute Gasteiger partial charge is 0.352 e. The molecule has 0 atom stereocenters. The lowest BCUT2D eigenvalue weighted by Gasteiger charge is -2.09.